The molecule has 0 bridgehead atoms. The molecule has 0 aromatic carbocycles. The lowest BCUT2D eigenvalue weighted by Gasteiger charge is -2.23. The van der Waals surface area contributed by atoms with Crippen LogP contribution in [-0.2, 0) is 4.79 Å². The Kier molecular flexibility index (Phi) is 5.06. The number of nitrogens with zero attached hydrogens (tertiary/aromatic N) is 5. The van der Waals surface area contributed by atoms with Crippen LogP contribution in [0.5, 0.6) is 0 Å². The highest BCUT2D eigenvalue weighted by molar-refractivity contribution is 5.80. The van der Waals surface area contributed by atoms with Gasteiger partial charge >= 0.3 is 0 Å². The number of hydrogen-bond acceptors (Lipinski definition) is 5. The van der Waals surface area contributed by atoms with Crippen LogP contribution in [0.4, 0.5) is 5.82 Å². The summed E-state index contributed by atoms with van der Waals surface area (Å²) in [6.07, 6.45) is 2.89. The third-order valence-corrected chi connectivity index (χ3v) is 2.63. The van der Waals surface area contributed by atoms with Crippen LogP contribution in [0.1, 0.15) is 19.5 Å². The zero-order chi connectivity index (χ0) is 13.5. The van der Waals surface area contributed by atoms with Gasteiger partial charge in [0.2, 0.25) is 5.91 Å². The van der Waals surface area contributed by atoms with Crippen molar-refractivity contribution in [1.82, 2.24) is 14.9 Å². The largest absolute Gasteiger partial charge is 0.349 e. The zero-order valence-electron chi connectivity index (χ0n) is 10.9. The first kappa shape index (κ1) is 13.9. The number of rotatable bonds is 5. The molecule has 0 spiro atoms. The molecule has 0 aliphatic rings. The fourth-order valence-corrected chi connectivity index (χ4v) is 1.54. The van der Waals surface area contributed by atoms with Crippen LogP contribution in [0.3, 0.4) is 0 Å². The van der Waals surface area contributed by atoms with Crippen molar-refractivity contribution in [3.63, 3.8) is 0 Å². The maximum atomic E-state index is 11.9. The number of hydrogen-bond donors (Lipinski definition) is 0. The molecule has 0 radical (unpaired) electrons. The average Bonchev–Trinajstić information content (AvgIpc) is 2.40. The van der Waals surface area contributed by atoms with Crippen LogP contribution in [0.15, 0.2) is 12.4 Å². The van der Waals surface area contributed by atoms with Crippen molar-refractivity contribution in [1.29, 1.82) is 5.26 Å². The van der Waals surface area contributed by atoms with E-state index < -0.39 is 0 Å². The van der Waals surface area contributed by atoms with Gasteiger partial charge in [0.25, 0.3) is 0 Å². The smallest absolute Gasteiger partial charge is 0.242 e. The Morgan fingerprint density at radius 2 is 2.00 bits per heavy atom. The van der Waals surface area contributed by atoms with Crippen molar-refractivity contribution in [2.45, 2.75) is 13.8 Å². The van der Waals surface area contributed by atoms with E-state index in [9.17, 15) is 4.79 Å². The maximum Gasteiger partial charge on any atom is 0.242 e. The SMILES string of the molecule is CCN(CC)C(=O)CN(C)c1cnc(C#N)cn1. The molecule has 0 aliphatic heterocycles. The zero-order valence-corrected chi connectivity index (χ0v) is 10.9. The van der Waals surface area contributed by atoms with Crippen LogP contribution in [-0.4, -0.2) is 47.5 Å². The third-order valence-electron chi connectivity index (χ3n) is 2.63. The molecule has 0 aliphatic carbocycles. The number of anilines is 1. The van der Waals surface area contributed by atoms with E-state index in [1.54, 1.807) is 16.8 Å². The average molecular weight is 247 g/mol. The molecular formula is C12H17N5O. The number of amides is 1. The van der Waals surface area contributed by atoms with Gasteiger partial charge in [-0.15, -0.1) is 0 Å². The minimum Gasteiger partial charge on any atom is -0.349 e. The van der Waals surface area contributed by atoms with Gasteiger partial charge in [-0.3, -0.25) is 4.79 Å². The van der Waals surface area contributed by atoms with Crippen molar-refractivity contribution in [3.05, 3.63) is 18.1 Å². The maximum absolute atomic E-state index is 11.9. The number of likely N-dealkylation sites (N-methyl/N-ethyl adjacent to an activating group) is 2. The molecule has 1 aromatic rings. The van der Waals surface area contributed by atoms with Crippen LogP contribution < -0.4 is 4.90 Å². The minimum absolute atomic E-state index is 0.0497. The lowest BCUT2D eigenvalue weighted by Crippen LogP contribution is -2.39. The molecule has 1 amide bonds. The Hall–Kier alpha value is -2.16. The van der Waals surface area contributed by atoms with Crippen LogP contribution in [0.2, 0.25) is 0 Å². The van der Waals surface area contributed by atoms with Gasteiger partial charge in [0.05, 0.1) is 18.9 Å². The van der Waals surface area contributed by atoms with Crippen molar-refractivity contribution in [3.8, 4) is 6.07 Å². The van der Waals surface area contributed by atoms with E-state index in [0.717, 1.165) is 0 Å². The number of carbonyl (C=O) groups is 1. The second-order valence-electron chi connectivity index (χ2n) is 3.79. The van der Waals surface area contributed by atoms with Gasteiger partial charge in [-0.2, -0.15) is 5.26 Å². The highest BCUT2D eigenvalue weighted by atomic mass is 16.2. The van der Waals surface area contributed by atoms with Crippen LogP contribution in [0.25, 0.3) is 0 Å². The second kappa shape index (κ2) is 6.55. The Bertz CT molecular complexity index is 433. The van der Waals surface area contributed by atoms with Gasteiger partial charge in [0.15, 0.2) is 5.69 Å². The molecular weight excluding hydrogens is 230 g/mol. The standard InChI is InChI=1S/C12H17N5O/c1-4-17(5-2)12(18)9-16(3)11-8-14-10(6-13)7-15-11/h7-8H,4-5,9H2,1-3H3. The van der Waals surface area contributed by atoms with E-state index in [0.29, 0.717) is 18.9 Å². The fraction of sp³-hybridized carbons (Fsp3) is 0.500. The Morgan fingerprint density at radius 3 is 2.44 bits per heavy atom. The number of nitriles is 1. The summed E-state index contributed by atoms with van der Waals surface area (Å²) in [6.45, 7) is 5.54. The second-order valence-corrected chi connectivity index (χ2v) is 3.79. The van der Waals surface area contributed by atoms with Gasteiger partial charge in [0, 0.05) is 20.1 Å². The first-order valence-electron chi connectivity index (χ1n) is 5.83. The van der Waals surface area contributed by atoms with E-state index in [-0.39, 0.29) is 18.1 Å². The van der Waals surface area contributed by atoms with Gasteiger partial charge in [-0.05, 0) is 13.8 Å². The molecule has 1 aromatic heterocycles. The van der Waals surface area contributed by atoms with E-state index >= 15 is 0 Å². The molecule has 1 rings (SSSR count). The molecule has 6 nitrogen and oxygen atoms in total. The molecule has 96 valence electrons. The van der Waals surface area contributed by atoms with Crippen molar-refractivity contribution in [2.75, 3.05) is 31.6 Å². The van der Waals surface area contributed by atoms with Gasteiger partial charge in [-0.1, -0.05) is 0 Å². The number of aromatic nitrogens is 2. The lowest BCUT2D eigenvalue weighted by atomic mass is 10.4. The summed E-state index contributed by atoms with van der Waals surface area (Å²) in [4.78, 5) is 23.4. The molecule has 0 fully saturated rings. The molecule has 0 unspecified atom stereocenters. The van der Waals surface area contributed by atoms with E-state index in [1.807, 2.05) is 19.9 Å². The topological polar surface area (TPSA) is 73.1 Å². The van der Waals surface area contributed by atoms with Crippen molar-refractivity contribution in [2.24, 2.45) is 0 Å². The quantitative estimate of drug-likeness (QED) is 0.764. The molecule has 0 N–H and O–H groups in total. The van der Waals surface area contributed by atoms with Gasteiger partial charge in [-0.25, -0.2) is 9.97 Å². The molecule has 0 saturated heterocycles. The molecule has 6 heteroatoms. The highest BCUT2D eigenvalue weighted by Gasteiger charge is 2.13. The Balaban J connectivity index is 2.67. The summed E-state index contributed by atoms with van der Waals surface area (Å²) in [7, 11) is 1.78. The molecule has 18 heavy (non-hydrogen) atoms. The first-order chi connectivity index (χ1) is 8.62. The number of carbonyl (C=O) groups excluding carboxylic acids is 1. The predicted molar refractivity (Wildman–Crippen MR) is 67.9 cm³/mol. The van der Waals surface area contributed by atoms with Gasteiger partial charge < -0.3 is 9.80 Å². The lowest BCUT2D eigenvalue weighted by molar-refractivity contribution is -0.129. The van der Waals surface area contributed by atoms with Crippen LogP contribution >= 0.6 is 0 Å². The molecule has 1 heterocycles. The molecule has 0 saturated carbocycles. The minimum atomic E-state index is 0.0497. The fourth-order valence-electron chi connectivity index (χ4n) is 1.54. The molecule has 0 atom stereocenters. The summed E-state index contributed by atoms with van der Waals surface area (Å²) in [5, 5.41) is 8.62. The normalized spacial score (nSPS) is 9.67. The Morgan fingerprint density at radius 1 is 1.33 bits per heavy atom. The highest BCUT2D eigenvalue weighted by Crippen LogP contribution is 2.06. The van der Waals surface area contributed by atoms with E-state index in [1.165, 1.54) is 12.4 Å². The summed E-state index contributed by atoms with van der Waals surface area (Å²) >= 11 is 0. The monoisotopic (exact) mass is 247 g/mol. The predicted octanol–water partition coefficient (Wildman–Crippen LogP) is 0.653. The van der Waals surface area contributed by atoms with Crippen LogP contribution in [0, 0.1) is 11.3 Å². The van der Waals surface area contributed by atoms with Gasteiger partial charge in [0.1, 0.15) is 11.9 Å². The summed E-state index contributed by atoms with van der Waals surface area (Å²) in [6, 6.07) is 1.90. The van der Waals surface area contributed by atoms with Crippen molar-refractivity contribution < 1.29 is 4.79 Å². The summed E-state index contributed by atoms with van der Waals surface area (Å²) in [5.74, 6) is 0.628. The summed E-state index contributed by atoms with van der Waals surface area (Å²) < 4.78 is 0. The summed E-state index contributed by atoms with van der Waals surface area (Å²) in [5.41, 5.74) is 0.266. The first-order valence-corrected chi connectivity index (χ1v) is 5.83. The Labute approximate surface area is 107 Å². The van der Waals surface area contributed by atoms with Crippen molar-refractivity contribution >= 4 is 11.7 Å². The van der Waals surface area contributed by atoms with E-state index in [4.69, 9.17) is 5.26 Å². The third kappa shape index (κ3) is 3.42. The van der Waals surface area contributed by atoms with E-state index in [2.05, 4.69) is 9.97 Å².